The average molecular weight is 213 g/mol. The number of ether oxygens (including phenoxy) is 1. The van der Waals surface area contributed by atoms with Crippen molar-refractivity contribution in [1.29, 1.82) is 0 Å². The van der Waals surface area contributed by atoms with E-state index in [2.05, 4.69) is 13.8 Å². The van der Waals surface area contributed by atoms with Crippen LogP contribution in [0.1, 0.15) is 39.5 Å². The van der Waals surface area contributed by atoms with Gasteiger partial charge in [0.25, 0.3) is 0 Å². The van der Waals surface area contributed by atoms with E-state index in [1.54, 1.807) is 0 Å². The highest BCUT2D eigenvalue weighted by molar-refractivity contribution is 5.11. The van der Waals surface area contributed by atoms with Crippen molar-refractivity contribution < 1.29 is 9.84 Å². The smallest absolute Gasteiger partial charge is 0.0789 e. The van der Waals surface area contributed by atoms with Gasteiger partial charge >= 0.3 is 0 Å². The molecule has 0 aromatic heterocycles. The summed E-state index contributed by atoms with van der Waals surface area (Å²) in [6.45, 7) is 6.23. The third-order valence-electron chi connectivity index (χ3n) is 4.83. The van der Waals surface area contributed by atoms with Gasteiger partial charge in [0.05, 0.1) is 12.2 Å². The fraction of sp³-hybridized carbons (Fsp3) is 1.00. The minimum atomic E-state index is -0.634. The third kappa shape index (κ3) is 1.37. The van der Waals surface area contributed by atoms with Gasteiger partial charge in [0.15, 0.2) is 0 Å². The zero-order chi connectivity index (χ0) is 11.2. The summed E-state index contributed by atoms with van der Waals surface area (Å²) in [5.41, 5.74) is 5.05. The molecule has 1 aliphatic heterocycles. The molecule has 2 aliphatic rings. The summed E-state index contributed by atoms with van der Waals surface area (Å²) in [4.78, 5) is 0. The Kier molecular flexibility index (Phi) is 2.61. The van der Waals surface area contributed by atoms with Crippen LogP contribution in [0.5, 0.6) is 0 Å². The minimum Gasteiger partial charge on any atom is -0.389 e. The number of hydrogen-bond donors (Lipinski definition) is 2. The molecule has 0 bridgehead atoms. The molecule has 3 heteroatoms. The van der Waals surface area contributed by atoms with Crippen LogP contribution in [0.25, 0.3) is 0 Å². The average Bonchev–Trinajstić information content (AvgIpc) is 2.74. The molecule has 15 heavy (non-hydrogen) atoms. The van der Waals surface area contributed by atoms with Crippen LogP contribution in [0.15, 0.2) is 0 Å². The largest absolute Gasteiger partial charge is 0.389 e. The Labute approximate surface area is 92.0 Å². The van der Waals surface area contributed by atoms with Crippen LogP contribution in [0.4, 0.5) is 0 Å². The molecule has 1 heterocycles. The second-order valence-electron chi connectivity index (χ2n) is 5.88. The Morgan fingerprint density at radius 3 is 2.40 bits per heavy atom. The lowest BCUT2D eigenvalue weighted by atomic mass is 9.60. The van der Waals surface area contributed by atoms with Gasteiger partial charge in [-0.3, -0.25) is 0 Å². The summed E-state index contributed by atoms with van der Waals surface area (Å²) in [5, 5.41) is 11.0. The van der Waals surface area contributed by atoms with Crippen LogP contribution in [-0.4, -0.2) is 30.5 Å². The maximum Gasteiger partial charge on any atom is 0.0789 e. The van der Waals surface area contributed by atoms with E-state index in [9.17, 15) is 5.11 Å². The number of aliphatic hydroxyl groups is 1. The van der Waals surface area contributed by atoms with Gasteiger partial charge in [-0.25, -0.2) is 0 Å². The predicted molar refractivity (Wildman–Crippen MR) is 59.5 cm³/mol. The van der Waals surface area contributed by atoms with Crippen molar-refractivity contribution in [3.8, 4) is 0 Å². The molecular weight excluding hydrogens is 190 g/mol. The normalized spacial score (nSPS) is 44.8. The Hall–Kier alpha value is -0.120. The molecule has 0 amide bonds. The number of nitrogens with two attached hydrogens (primary N) is 1. The summed E-state index contributed by atoms with van der Waals surface area (Å²) in [6.07, 6.45) is 3.97. The van der Waals surface area contributed by atoms with E-state index in [4.69, 9.17) is 10.5 Å². The van der Waals surface area contributed by atoms with Crippen molar-refractivity contribution in [2.75, 3.05) is 19.8 Å². The fourth-order valence-electron chi connectivity index (χ4n) is 3.58. The molecule has 2 fully saturated rings. The standard InChI is InChI=1S/C12H23NO2/c1-10(2)4-3-5-12(10,14)11(8-13)6-7-15-9-11/h14H,3-9,13H2,1-2H3. The van der Waals surface area contributed by atoms with Crippen LogP contribution in [0.3, 0.4) is 0 Å². The number of rotatable bonds is 2. The Morgan fingerprint density at radius 2 is 2.00 bits per heavy atom. The van der Waals surface area contributed by atoms with Gasteiger partial charge in [0.1, 0.15) is 0 Å². The lowest BCUT2D eigenvalue weighted by Crippen LogP contribution is -2.58. The van der Waals surface area contributed by atoms with Crippen LogP contribution in [-0.2, 0) is 4.74 Å². The molecule has 1 saturated heterocycles. The van der Waals surface area contributed by atoms with Crippen molar-refractivity contribution >= 4 is 0 Å². The van der Waals surface area contributed by atoms with E-state index in [0.29, 0.717) is 13.2 Å². The van der Waals surface area contributed by atoms with Crippen molar-refractivity contribution in [1.82, 2.24) is 0 Å². The minimum absolute atomic E-state index is 0.0277. The first-order valence-electron chi connectivity index (χ1n) is 5.98. The quantitative estimate of drug-likeness (QED) is 0.727. The first kappa shape index (κ1) is 11.4. The van der Waals surface area contributed by atoms with Crippen molar-refractivity contribution in [2.24, 2.45) is 16.6 Å². The molecule has 3 N–H and O–H groups in total. The van der Waals surface area contributed by atoms with Crippen molar-refractivity contribution in [3.63, 3.8) is 0 Å². The zero-order valence-corrected chi connectivity index (χ0v) is 9.88. The lowest BCUT2D eigenvalue weighted by Gasteiger charge is -2.49. The predicted octanol–water partition coefficient (Wildman–Crippen LogP) is 1.29. The first-order chi connectivity index (χ1) is 6.97. The van der Waals surface area contributed by atoms with Crippen LogP contribution < -0.4 is 5.73 Å². The van der Waals surface area contributed by atoms with Crippen LogP contribution in [0.2, 0.25) is 0 Å². The van der Waals surface area contributed by atoms with Gasteiger partial charge in [0.2, 0.25) is 0 Å². The van der Waals surface area contributed by atoms with Gasteiger partial charge < -0.3 is 15.6 Å². The molecule has 2 unspecified atom stereocenters. The summed E-state index contributed by atoms with van der Waals surface area (Å²) < 4.78 is 5.48. The molecule has 88 valence electrons. The topological polar surface area (TPSA) is 55.5 Å². The van der Waals surface area contributed by atoms with E-state index in [1.807, 2.05) is 0 Å². The zero-order valence-electron chi connectivity index (χ0n) is 9.88. The molecule has 1 saturated carbocycles. The van der Waals surface area contributed by atoms with E-state index in [1.165, 1.54) is 0 Å². The molecule has 0 spiro atoms. The van der Waals surface area contributed by atoms with E-state index in [0.717, 1.165) is 32.3 Å². The van der Waals surface area contributed by atoms with E-state index >= 15 is 0 Å². The maximum absolute atomic E-state index is 11.0. The molecule has 0 aromatic rings. The van der Waals surface area contributed by atoms with Crippen molar-refractivity contribution in [2.45, 2.75) is 45.1 Å². The molecule has 2 rings (SSSR count). The molecule has 0 radical (unpaired) electrons. The molecule has 1 aliphatic carbocycles. The molecule has 2 atom stereocenters. The summed E-state index contributed by atoms with van der Waals surface area (Å²) in [6, 6.07) is 0. The first-order valence-corrected chi connectivity index (χ1v) is 5.98. The Bertz CT molecular complexity index is 246. The van der Waals surface area contributed by atoms with Crippen LogP contribution in [0, 0.1) is 10.8 Å². The Morgan fingerprint density at radius 1 is 1.27 bits per heavy atom. The van der Waals surface area contributed by atoms with Gasteiger partial charge in [-0.15, -0.1) is 0 Å². The fourth-order valence-corrected chi connectivity index (χ4v) is 3.58. The lowest BCUT2D eigenvalue weighted by molar-refractivity contribution is -0.142. The summed E-state index contributed by atoms with van der Waals surface area (Å²) in [5.74, 6) is 0. The van der Waals surface area contributed by atoms with Gasteiger partial charge in [-0.1, -0.05) is 13.8 Å². The van der Waals surface area contributed by atoms with Gasteiger partial charge in [0, 0.05) is 18.6 Å². The monoisotopic (exact) mass is 213 g/mol. The highest BCUT2D eigenvalue weighted by Crippen LogP contribution is 2.57. The molecule has 3 nitrogen and oxygen atoms in total. The van der Waals surface area contributed by atoms with Gasteiger partial charge in [-0.05, 0) is 31.1 Å². The summed E-state index contributed by atoms with van der Waals surface area (Å²) in [7, 11) is 0. The second kappa shape index (κ2) is 3.44. The summed E-state index contributed by atoms with van der Waals surface area (Å²) >= 11 is 0. The second-order valence-corrected chi connectivity index (χ2v) is 5.88. The molecule has 0 aromatic carbocycles. The highest BCUT2D eigenvalue weighted by atomic mass is 16.5. The highest BCUT2D eigenvalue weighted by Gasteiger charge is 2.61. The number of hydrogen-bond acceptors (Lipinski definition) is 3. The van der Waals surface area contributed by atoms with Crippen LogP contribution >= 0.6 is 0 Å². The SMILES string of the molecule is CC1(C)CCCC1(O)C1(CN)CCOC1. The maximum atomic E-state index is 11.0. The Balaban J connectivity index is 2.34. The van der Waals surface area contributed by atoms with Crippen molar-refractivity contribution in [3.05, 3.63) is 0 Å². The molecular formula is C12H23NO2. The van der Waals surface area contributed by atoms with E-state index < -0.39 is 5.60 Å². The van der Waals surface area contributed by atoms with E-state index in [-0.39, 0.29) is 10.8 Å². The third-order valence-corrected chi connectivity index (χ3v) is 4.83. The van der Waals surface area contributed by atoms with Gasteiger partial charge in [-0.2, -0.15) is 0 Å².